The molecule has 0 radical (unpaired) electrons. The lowest BCUT2D eigenvalue weighted by Crippen LogP contribution is -2.16. The number of nitrogens with zero attached hydrogens (tertiary/aromatic N) is 2. The van der Waals surface area contributed by atoms with Gasteiger partial charge in [0.1, 0.15) is 12.1 Å². The number of primary amides is 1. The van der Waals surface area contributed by atoms with Crippen LogP contribution < -0.4 is 15.8 Å². The monoisotopic (exact) mass is 196 g/mol. The minimum atomic E-state index is -0.349. The first-order valence-electron chi connectivity index (χ1n) is 4.10. The van der Waals surface area contributed by atoms with E-state index in [1.165, 1.54) is 13.4 Å². The summed E-state index contributed by atoms with van der Waals surface area (Å²) in [5.74, 6) is 0.734. The third kappa shape index (κ3) is 3.26. The van der Waals surface area contributed by atoms with Gasteiger partial charge in [0.15, 0.2) is 0 Å². The smallest absolute Gasteiger partial charge is 0.219 e. The van der Waals surface area contributed by atoms with E-state index < -0.39 is 0 Å². The average molecular weight is 196 g/mol. The standard InChI is InChI=1S/C8H12N4O2/c1-14-8-4-7(11-5-12-8)10-3-2-6(9)13/h4-5H,2-3H2,1H3,(H2,9,13)(H,10,11,12). The highest BCUT2D eigenvalue weighted by atomic mass is 16.5. The molecule has 76 valence electrons. The van der Waals surface area contributed by atoms with Crippen molar-refractivity contribution in [2.75, 3.05) is 19.0 Å². The lowest BCUT2D eigenvalue weighted by Gasteiger charge is -2.04. The fourth-order valence-corrected chi connectivity index (χ4v) is 0.862. The van der Waals surface area contributed by atoms with E-state index in [1.54, 1.807) is 6.07 Å². The van der Waals surface area contributed by atoms with Crippen LogP contribution in [0.1, 0.15) is 6.42 Å². The Morgan fingerprint density at radius 3 is 3.07 bits per heavy atom. The summed E-state index contributed by atoms with van der Waals surface area (Å²) in [4.78, 5) is 18.2. The van der Waals surface area contributed by atoms with Crippen LogP contribution >= 0.6 is 0 Å². The topological polar surface area (TPSA) is 90.1 Å². The molecule has 0 saturated carbocycles. The molecule has 0 aromatic carbocycles. The van der Waals surface area contributed by atoms with E-state index in [0.717, 1.165) is 0 Å². The van der Waals surface area contributed by atoms with Crippen molar-refractivity contribution in [1.82, 2.24) is 9.97 Å². The second-order valence-electron chi connectivity index (χ2n) is 2.59. The van der Waals surface area contributed by atoms with Crippen LogP contribution in [0, 0.1) is 0 Å². The molecule has 1 aromatic heterocycles. The van der Waals surface area contributed by atoms with Crippen LogP contribution in [0.15, 0.2) is 12.4 Å². The number of carbonyl (C=O) groups is 1. The Hall–Kier alpha value is -1.85. The summed E-state index contributed by atoms with van der Waals surface area (Å²) in [5, 5.41) is 2.92. The molecule has 6 heteroatoms. The number of nitrogens with two attached hydrogens (primary N) is 1. The van der Waals surface area contributed by atoms with Gasteiger partial charge in [0.2, 0.25) is 11.8 Å². The summed E-state index contributed by atoms with van der Waals surface area (Å²) in [6.45, 7) is 0.454. The molecule has 0 saturated heterocycles. The predicted molar refractivity (Wildman–Crippen MR) is 50.9 cm³/mol. The molecule has 1 heterocycles. The van der Waals surface area contributed by atoms with Crippen LogP contribution in [0.3, 0.4) is 0 Å². The van der Waals surface area contributed by atoms with E-state index in [2.05, 4.69) is 15.3 Å². The molecule has 0 fully saturated rings. The van der Waals surface area contributed by atoms with Crippen LogP contribution in [0.2, 0.25) is 0 Å². The maximum atomic E-state index is 10.4. The largest absolute Gasteiger partial charge is 0.481 e. The molecule has 1 rings (SSSR count). The molecule has 0 unspecified atom stereocenters. The fourth-order valence-electron chi connectivity index (χ4n) is 0.862. The number of hydrogen-bond acceptors (Lipinski definition) is 5. The van der Waals surface area contributed by atoms with Gasteiger partial charge in [0.25, 0.3) is 0 Å². The Morgan fingerprint density at radius 1 is 1.64 bits per heavy atom. The maximum Gasteiger partial charge on any atom is 0.219 e. The molecule has 0 atom stereocenters. The van der Waals surface area contributed by atoms with Crippen molar-refractivity contribution in [3.8, 4) is 5.88 Å². The van der Waals surface area contributed by atoms with E-state index in [9.17, 15) is 4.79 Å². The van der Waals surface area contributed by atoms with Gasteiger partial charge in [-0.2, -0.15) is 0 Å². The molecular weight excluding hydrogens is 184 g/mol. The Bertz CT molecular complexity index is 316. The van der Waals surface area contributed by atoms with Crippen LogP contribution in [0.4, 0.5) is 5.82 Å². The second kappa shape index (κ2) is 5.00. The van der Waals surface area contributed by atoms with Gasteiger partial charge >= 0.3 is 0 Å². The van der Waals surface area contributed by atoms with Crippen molar-refractivity contribution in [3.05, 3.63) is 12.4 Å². The van der Waals surface area contributed by atoms with Crippen molar-refractivity contribution in [1.29, 1.82) is 0 Å². The normalized spacial score (nSPS) is 9.50. The third-order valence-corrected chi connectivity index (χ3v) is 1.53. The van der Waals surface area contributed by atoms with Crippen LogP contribution in [0.5, 0.6) is 5.88 Å². The molecule has 0 bridgehead atoms. The number of nitrogens with one attached hydrogen (secondary N) is 1. The van der Waals surface area contributed by atoms with Gasteiger partial charge in [-0.15, -0.1) is 0 Å². The zero-order chi connectivity index (χ0) is 10.4. The molecule has 1 aromatic rings. The number of ether oxygens (including phenoxy) is 1. The van der Waals surface area contributed by atoms with Gasteiger partial charge < -0.3 is 15.8 Å². The number of carbonyl (C=O) groups excluding carboxylic acids is 1. The molecule has 14 heavy (non-hydrogen) atoms. The van der Waals surface area contributed by atoms with Gasteiger partial charge in [-0.3, -0.25) is 4.79 Å². The predicted octanol–water partition coefficient (Wildman–Crippen LogP) is -0.228. The average Bonchev–Trinajstić information content (AvgIpc) is 2.18. The van der Waals surface area contributed by atoms with Crippen LogP contribution in [0.25, 0.3) is 0 Å². The van der Waals surface area contributed by atoms with Crippen LogP contribution in [-0.4, -0.2) is 29.5 Å². The summed E-state index contributed by atoms with van der Waals surface area (Å²) in [5.41, 5.74) is 4.98. The molecule has 0 spiro atoms. The zero-order valence-corrected chi connectivity index (χ0v) is 7.86. The number of anilines is 1. The van der Waals surface area contributed by atoms with Gasteiger partial charge in [-0.05, 0) is 0 Å². The van der Waals surface area contributed by atoms with Gasteiger partial charge in [-0.1, -0.05) is 0 Å². The SMILES string of the molecule is COc1cc(NCCC(N)=O)ncn1. The molecule has 0 aliphatic rings. The third-order valence-electron chi connectivity index (χ3n) is 1.53. The number of amides is 1. The van der Waals surface area contributed by atoms with Crippen molar-refractivity contribution >= 4 is 11.7 Å². The Balaban J connectivity index is 2.46. The van der Waals surface area contributed by atoms with E-state index in [4.69, 9.17) is 10.5 Å². The summed E-state index contributed by atoms with van der Waals surface area (Å²) in [6.07, 6.45) is 1.65. The second-order valence-corrected chi connectivity index (χ2v) is 2.59. The minimum absolute atomic E-state index is 0.270. The Labute approximate surface area is 81.5 Å². The highest BCUT2D eigenvalue weighted by molar-refractivity contribution is 5.74. The van der Waals surface area contributed by atoms with Gasteiger partial charge in [-0.25, -0.2) is 9.97 Å². The summed E-state index contributed by atoms with van der Waals surface area (Å²) in [7, 11) is 1.52. The minimum Gasteiger partial charge on any atom is -0.481 e. The molecule has 3 N–H and O–H groups in total. The van der Waals surface area contributed by atoms with Crippen molar-refractivity contribution in [2.45, 2.75) is 6.42 Å². The zero-order valence-electron chi connectivity index (χ0n) is 7.86. The lowest BCUT2D eigenvalue weighted by atomic mass is 10.4. The van der Waals surface area contributed by atoms with E-state index >= 15 is 0 Å². The van der Waals surface area contributed by atoms with E-state index in [-0.39, 0.29) is 12.3 Å². The number of methoxy groups -OCH3 is 1. The van der Waals surface area contributed by atoms with Crippen molar-refractivity contribution < 1.29 is 9.53 Å². The number of aromatic nitrogens is 2. The summed E-state index contributed by atoms with van der Waals surface area (Å²) in [6, 6.07) is 1.64. The molecule has 0 aliphatic heterocycles. The van der Waals surface area contributed by atoms with Crippen LogP contribution in [-0.2, 0) is 4.79 Å². The van der Waals surface area contributed by atoms with Gasteiger partial charge in [0.05, 0.1) is 7.11 Å². The quantitative estimate of drug-likeness (QED) is 0.679. The lowest BCUT2D eigenvalue weighted by molar-refractivity contribution is -0.117. The van der Waals surface area contributed by atoms with Crippen molar-refractivity contribution in [2.24, 2.45) is 5.73 Å². The van der Waals surface area contributed by atoms with E-state index in [0.29, 0.717) is 18.2 Å². The van der Waals surface area contributed by atoms with E-state index in [1.807, 2.05) is 0 Å². The molecular formula is C8H12N4O2. The fraction of sp³-hybridized carbons (Fsp3) is 0.375. The highest BCUT2D eigenvalue weighted by Crippen LogP contribution is 2.09. The number of rotatable bonds is 5. The first-order valence-corrected chi connectivity index (χ1v) is 4.10. The molecule has 0 aliphatic carbocycles. The first-order chi connectivity index (χ1) is 6.72. The maximum absolute atomic E-state index is 10.4. The molecule has 1 amide bonds. The molecule has 6 nitrogen and oxygen atoms in total. The number of hydrogen-bond donors (Lipinski definition) is 2. The van der Waals surface area contributed by atoms with Crippen molar-refractivity contribution in [3.63, 3.8) is 0 Å². The summed E-state index contributed by atoms with van der Waals surface area (Å²) >= 11 is 0. The highest BCUT2D eigenvalue weighted by Gasteiger charge is 1.98. The van der Waals surface area contributed by atoms with Gasteiger partial charge in [0, 0.05) is 19.0 Å². The first kappa shape index (κ1) is 10.2. The summed E-state index contributed by atoms with van der Waals surface area (Å²) < 4.78 is 4.90. The Morgan fingerprint density at radius 2 is 2.43 bits per heavy atom. The Kier molecular flexibility index (Phi) is 3.66.